The van der Waals surface area contributed by atoms with Crippen LogP contribution < -0.4 is 10.1 Å². The third-order valence-electron chi connectivity index (χ3n) is 5.37. The molecule has 0 aliphatic heterocycles. The summed E-state index contributed by atoms with van der Waals surface area (Å²) in [7, 11) is 0. The molecule has 34 heavy (non-hydrogen) atoms. The molecule has 0 aromatic heterocycles. The first kappa shape index (κ1) is 26.3. The van der Waals surface area contributed by atoms with Crippen LogP contribution in [0.15, 0.2) is 59.1 Å². The SMILES string of the molecule is CC(C)CNC(=O)[C@H](C)N(Cc1ccc(Cl)c(Cl)c1)C(=O)COc1ccc2ccccc2c1Br. The highest BCUT2D eigenvalue weighted by Gasteiger charge is 2.27. The highest BCUT2D eigenvalue weighted by Crippen LogP contribution is 2.33. The second-order valence-corrected chi connectivity index (χ2v) is 10.1. The molecule has 180 valence electrons. The van der Waals surface area contributed by atoms with Gasteiger partial charge in [0.2, 0.25) is 5.91 Å². The van der Waals surface area contributed by atoms with Crippen molar-refractivity contribution in [3.63, 3.8) is 0 Å². The molecule has 0 aliphatic carbocycles. The van der Waals surface area contributed by atoms with Crippen molar-refractivity contribution >= 4 is 61.7 Å². The second kappa shape index (κ2) is 11.9. The van der Waals surface area contributed by atoms with E-state index in [2.05, 4.69) is 21.2 Å². The van der Waals surface area contributed by atoms with Crippen molar-refractivity contribution < 1.29 is 14.3 Å². The topological polar surface area (TPSA) is 58.6 Å². The molecule has 2 amide bonds. The number of hydrogen-bond donors (Lipinski definition) is 1. The normalized spacial score (nSPS) is 12.0. The summed E-state index contributed by atoms with van der Waals surface area (Å²) in [6, 6.07) is 16.1. The number of carbonyl (C=O) groups excluding carboxylic acids is 2. The molecule has 0 unspecified atom stereocenters. The molecule has 1 N–H and O–H groups in total. The van der Waals surface area contributed by atoms with E-state index >= 15 is 0 Å². The van der Waals surface area contributed by atoms with Crippen LogP contribution in [0.4, 0.5) is 0 Å². The summed E-state index contributed by atoms with van der Waals surface area (Å²) >= 11 is 15.8. The van der Waals surface area contributed by atoms with Crippen molar-refractivity contribution in [2.24, 2.45) is 5.92 Å². The predicted octanol–water partition coefficient (Wildman–Crippen LogP) is 6.48. The number of carbonyl (C=O) groups is 2. The molecule has 3 aromatic rings. The zero-order valence-corrected chi connectivity index (χ0v) is 22.4. The molecule has 0 radical (unpaired) electrons. The van der Waals surface area contributed by atoms with Crippen LogP contribution in [-0.4, -0.2) is 35.9 Å². The van der Waals surface area contributed by atoms with Crippen LogP contribution in [-0.2, 0) is 16.1 Å². The monoisotopic (exact) mass is 564 g/mol. The molecule has 0 heterocycles. The van der Waals surface area contributed by atoms with Crippen molar-refractivity contribution in [2.75, 3.05) is 13.2 Å². The summed E-state index contributed by atoms with van der Waals surface area (Å²) in [4.78, 5) is 27.5. The first-order valence-corrected chi connectivity index (χ1v) is 12.5. The van der Waals surface area contributed by atoms with Gasteiger partial charge in [-0.3, -0.25) is 9.59 Å². The summed E-state index contributed by atoms with van der Waals surface area (Å²) in [6.45, 7) is 6.22. The fraction of sp³-hybridized carbons (Fsp3) is 0.308. The molecule has 0 fully saturated rings. The summed E-state index contributed by atoms with van der Waals surface area (Å²) < 4.78 is 6.65. The van der Waals surface area contributed by atoms with Crippen LogP contribution in [0.3, 0.4) is 0 Å². The van der Waals surface area contributed by atoms with Gasteiger partial charge in [-0.1, -0.05) is 73.4 Å². The van der Waals surface area contributed by atoms with E-state index < -0.39 is 6.04 Å². The lowest BCUT2D eigenvalue weighted by Crippen LogP contribution is -2.49. The van der Waals surface area contributed by atoms with E-state index in [1.54, 1.807) is 25.1 Å². The maximum atomic E-state index is 13.3. The minimum absolute atomic E-state index is 0.189. The summed E-state index contributed by atoms with van der Waals surface area (Å²) in [6.07, 6.45) is 0. The average Bonchev–Trinajstić information content (AvgIpc) is 2.82. The van der Waals surface area contributed by atoms with Gasteiger partial charge < -0.3 is 15.0 Å². The maximum Gasteiger partial charge on any atom is 0.261 e. The molecule has 5 nitrogen and oxygen atoms in total. The van der Waals surface area contributed by atoms with Gasteiger partial charge in [0.1, 0.15) is 11.8 Å². The molecular weight excluding hydrogens is 539 g/mol. The third kappa shape index (κ3) is 6.65. The maximum absolute atomic E-state index is 13.3. The Morgan fingerprint density at radius 1 is 1.03 bits per heavy atom. The lowest BCUT2D eigenvalue weighted by atomic mass is 10.1. The van der Waals surface area contributed by atoms with E-state index in [-0.39, 0.29) is 25.0 Å². The smallest absolute Gasteiger partial charge is 0.261 e. The Morgan fingerprint density at radius 2 is 1.76 bits per heavy atom. The zero-order valence-electron chi connectivity index (χ0n) is 19.3. The molecule has 0 saturated carbocycles. The summed E-state index contributed by atoms with van der Waals surface area (Å²) in [5.74, 6) is 0.301. The van der Waals surface area contributed by atoms with Gasteiger partial charge in [-0.15, -0.1) is 0 Å². The summed E-state index contributed by atoms with van der Waals surface area (Å²) in [5.41, 5.74) is 0.762. The Kier molecular flexibility index (Phi) is 9.23. The zero-order chi connectivity index (χ0) is 24.8. The quantitative estimate of drug-likeness (QED) is 0.323. The van der Waals surface area contributed by atoms with Crippen molar-refractivity contribution in [3.05, 3.63) is 74.7 Å². The van der Waals surface area contributed by atoms with Gasteiger partial charge in [-0.25, -0.2) is 0 Å². The standard InChI is InChI=1S/C26H27BrCl2N2O3/c1-16(2)13-30-26(33)17(3)31(14-18-8-10-21(28)22(29)12-18)24(32)15-34-23-11-9-19-6-4-5-7-20(19)25(23)27/h4-12,16-17H,13-15H2,1-3H3,(H,30,33)/t17-/m0/s1. The van der Waals surface area contributed by atoms with Gasteiger partial charge in [0.15, 0.2) is 6.61 Å². The number of ether oxygens (including phenoxy) is 1. The van der Waals surface area contributed by atoms with Crippen LogP contribution in [0.25, 0.3) is 10.8 Å². The Morgan fingerprint density at radius 3 is 2.47 bits per heavy atom. The van der Waals surface area contributed by atoms with E-state index in [1.165, 1.54) is 4.90 Å². The van der Waals surface area contributed by atoms with Crippen LogP contribution in [0.1, 0.15) is 26.3 Å². The molecule has 1 atom stereocenters. The predicted molar refractivity (Wildman–Crippen MR) is 141 cm³/mol. The van der Waals surface area contributed by atoms with Gasteiger partial charge in [-0.2, -0.15) is 0 Å². The molecular formula is C26H27BrCl2N2O3. The first-order valence-electron chi connectivity index (χ1n) is 11.0. The molecule has 8 heteroatoms. The lowest BCUT2D eigenvalue weighted by Gasteiger charge is -2.29. The number of hydrogen-bond acceptors (Lipinski definition) is 3. The van der Waals surface area contributed by atoms with Gasteiger partial charge in [-0.05, 0) is 63.3 Å². The van der Waals surface area contributed by atoms with Crippen LogP contribution in [0.2, 0.25) is 10.0 Å². The van der Waals surface area contributed by atoms with Crippen LogP contribution in [0.5, 0.6) is 5.75 Å². The Bertz CT molecular complexity index is 1190. The highest BCUT2D eigenvalue weighted by molar-refractivity contribution is 9.10. The fourth-order valence-electron chi connectivity index (χ4n) is 3.42. The van der Waals surface area contributed by atoms with Crippen molar-refractivity contribution in [3.8, 4) is 5.75 Å². The minimum atomic E-state index is -0.704. The van der Waals surface area contributed by atoms with E-state index in [0.29, 0.717) is 28.3 Å². The van der Waals surface area contributed by atoms with E-state index in [0.717, 1.165) is 20.8 Å². The van der Waals surface area contributed by atoms with Crippen molar-refractivity contribution in [2.45, 2.75) is 33.4 Å². The van der Waals surface area contributed by atoms with Gasteiger partial charge in [0, 0.05) is 13.1 Å². The van der Waals surface area contributed by atoms with Gasteiger partial charge in [0.25, 0.3) is 5.91 Å². The number of halogens is 3. The van der Waals surface area contributed by atoms with Gasteiger partial charge >= 0.3 is 0 Å². The number of rotatable bonds is 9. The molecule has 0 bridgehead atoms. The van der Waals surface area contributed by atoms with E-state index in [1.807, 2.05) is 50.2 Å². The van der Waals surface area contributed by atoms with Gasteiger partial charge in [0.05, 0.1) is 14.5 Å². The molecule has 3 rings (SSSR count). The first-order chi connectivity index (χ1) is 16.2. The van der Waals surface area contributed by atoms with E-state index in [4.69, 9.17) is 27.9 Å². The summed E-state index contributed by atoms with van der Waals surface area (Å²) in [5, 5.41) is 5.76. The van der Waals surface area contributed by atoms with Crippen molar-refractivity contribution in [1.82, 2.24) is 10.2 Å². The number of fused-ring (bicyclic) bond motifs is 1. The Labute approximate surface area is 218 Å². The molecule has 3 aromatic carbocycles. The highest BCUT2D eigenvalue weighted by atomic mass is 79.9. The van der Waals surface area contributed by atoms with Crippen LogP contribution >= 0.6 is 39.1 Å². The number of nitrogens with zero attached hydrogens (tertiary/aromatic N) is 1. The largest absolute Gasteiger partial charge is 0.483 e. The Hall–Kier alpha value is -2.28. The number of nitrogens with one attached hydrogen (secondary N) is 1. The number of benzene rings is 3. The van der Waals surface area contributed by atoms with Crippen molar-refractivity contribution in [1.29, 1.82) is 0 Å². The number of amides is 2. The van der Waals surface area contributed by atoms with E-state index in [9.17, 15) is 9.59 Å². The average molecular weight is 566 g/mol. The Balaban J connectivity index is 1.79. The fourth-order valence-corrected chi connectivity index (χ4v) is 4.35. The molecule has 0 saturated heterocycles. The lowest BCUT2D eigenvalue weighted by molar-refractivity contribution is -0.142. The third-order valence-corrected chi connectivity index (χ3v) is 6.92. The van der Waals surface area contributed by atoms with Crippen LogP contribution in [0, 0.1) is 5.92 Å². The molecule has 0 aliphatic rings. The minimum Gasteiger partial charge on any atom is -0.483 e. The molecule has 0 spiro atoms. The second-order valence-electron chi connectivity index (χ2n) is 8.47.